The Bertz CT molecular complexity index is 1010. The zero-order valence-corrected chi connectivity index (χ0v) is 23.5. The van der Waals surface area contributed by atoms with E-state index in [4.69, 9.17) is 0 Å². The van der Waals surface area contributed by atoms with E-state index in [1.54, 1.807) is 0 Å². The molecule has 2 heterocycles. The highest BCUT2D eigenvalue weighted by atomic mass is 32.2. The average Bonchev–Trinajstić information content (AvgIpc) is 3.22. The number of aryl methyl sites for hydroxylation is 1. The highest BCUT2D eigenvalue weighted by Crippen LogP contribution is 2.31. The molecule has 2 aromatic rings. The number of hydrogen-bond acceptors (Lipinski definition) is 5. The predicted molar refractivity (Wildman–Crippen MR) is 150 cm³/mol. The number of piperazine rings is 1. The van der Waals surface area contributed by atoms with Gasteiger partial charge in [0.2, 0.25) is 0 Å². The highest BCUT2D eigenvalue weighted by Gasteiger charge is 2.23. The van der Waals surface area contributed by atoms with E-state index in [0.29, 0.717) is 16.4 Å². The van der Waals surface area contributed by atoms with Crippen LogP contribution in [-0.4, -0.2) is 63.5 Å². The molecule has 0 unspecified atom stereocenters. The first-order valence-electron chi connectivity index (χ1n) is 13.3. The van der Waals surface area contributed by atoms with Gasteiger partial charge in [-0.15, -0.1) is 0 Å². The summed E-state index contributed by atoms with van der Waals surface area (Å²) < 4.78 is 0.379. The summed E-state index contributed by atoms with van der Waals surface area (Å²) in [6.45, 7) is 20.9. The number of thioether (sulfide) groups is 1. The van der Waals surface area contributed by atoms with Crippen molar-refractivity contribution in [2.45, 2.75) is 77.9 Å². The zero-order valence-electron chi connectivity index (χ0n) is 22.7. The molecule has 1 saturated heterocycles. The third-order valence-corrected chi connectivity index (χ3v) is 9.30. The van der Waals surface area contributed by atoms with E-state index in [0.717, 1.165) is 44.8 Å². The molecular formula is C30H45N3OS. The van der Waals surface area contributed by atoms with Crippen molar-refractivity contribution in [2.24, 2.45) is 0 Å². The standard InChI is InChI=1S/C30H45N3OS/c1-22(2)28-17-27(29(34)15-23(28)3)21-33-19-25-8-7-24(16-26(25)20-33)18-32-13-11-31(12-14-32)10-9-30(4,5)35-6/h7-8,15-17,22,34H,9-14,18-21H2,1-6H3. The zero-order chi connectivity index (χ0) is 25.2. The van der Waals surface area contributed by atoms with Crippen LogP contribution in [-0.2, 0) is 26.2 Å². The molecule has 0 saturated carbocycles. The van der Waals surface area contributed by atoms with Gasteiger partial charge in [-0.25, -0.2) is 0 Å². The number of nitrogens with zero attached hydrogens (tertiary/aromatic N) is 3. The van der Waals surface area contributed by atoms with Gasteiger partial charge in [0.25, 0.3) is 0 Å². The fraction of sp³-hybridized carbons (Fsp3) is 0.600. The first-order chi connectivity index (χ1) is 16.6. The van der Waals surface area contributed by atoms with Crippen molar-refractivity contribution in [1.82, 2.24) is 14.7 Å². The second kappa shape index (κ2) is 11.2. The Hall–Kier alpha value is -1.53. The molecule has 0 bridgehead atoms. The first kappa shape index (κ1) is 26.5. The van der Waals surface area contributed by atoms with E-state index in [9.17, 15) is 5.11 Å². The number of aromatic hydroxyl groups is 1. The Labute approximate surface area is 217 Å². The van der Waals surface area contributed by atoms with Crippen molar-refractivity contribution < 1.29 is 5.11 Å². The largest absolute Gasteiger partial charge is 0.508 e. The lowest BCUT2D eigenvalue weighted by atomic mass is 9.95. The summed E-state index contributed by atoms with van der Waals surface area (Å²) >= 11 is 1.98. The van der Waals surface area contributed by atoms with Gasteiger partial charge >= 0.3 is 0 Å². The van der Waals surface area contributed by atoms with Crippen LogP contribution in [0.3, 0.4) is 0 Å². The summed E-state index contributed by atoms with van der Waals surface area (Å²) in [6, 6.07) is 11.2. The Morgan fingerprint density at radius 1 is 0.914 bits per heavy atom. The Kier molecular flexibility index (Phi) is 8.53. The molecular weight excluding hydrogens is 450 g/mol. The Morgan fingerprint density at radius 3 is 2.29 bits per heavy atom. The molecule has 35 heavy (non-hydrogen) atoms. The van der Waals surface area contributed by atoms with Crippen molar-refractivity contribution in [1.29, 1.82) is 0 Å². The van der Waals surface area contributed by atoms with Crippen LogP contribution < -0.4 is 0 Å². The number of rotatable bonds is 9. The van der Waals surface area contributed by atoms with Crippen LogP contribution in [0, 0.1) is 6.92 Å². The molecule has 0 atom stereocenters. The van der Waals surface area contributed by atoms with E-state index in [1.807, 2.05) is 17.8 Å². The normalized spacial score (nSPS) is 17.9. The lowest BCUT2D eigenvalue weighted by Gasteiger charge is -2.36. The molecule has 1 N–H and O–H groups in total. The number of phenols is 1. The summed E-state index contributed by atoms with van der Waals surface area (Å²) in [5, 5.41) is 10.6. The van der Waals surface area contributed by atoms with Crippen LogP contribution in [0.4, 0.5) is 0 Å². The van der Waals surface area contributed by atoms with Gasteiger partial charge in [-0.3, -0.25) is 9.80 Å². The Balaban J connectivity index is 1.30. The molecule has 5 heteroatoms. The minimum atomic E-state index is 0.379. The van der Waals surface area contributed by atoms with Gasteiger partial charge in [-0.1, -0.05) is 52.0 Å². The average molecular weight is 496 g/mol. The smallest absolute Gasteiger partial charge is 0.120 e. The third-order valence-electron chi connectivity index (χ3n) is 8.00. The number of fused-ring (bicyclic) bond motifs is 1. The fourth-order valence-electron chi connectivity index (χ4n) is 5.43. The van der Waals surface area contributed by atoms with Gasteiger partial charge in [-0.05, 0) is 65.9 Å². The van der Waals surface area contributed by atoms with Crippen LogP contribution in [0.15, 0.2) is 30.3 Å². The van der Waals surface area contributed by atoms with E-state index < -0.39 is 0 Å². The lowest BCUT2D eigenvalue weighted by molar-refractivity contribution is 0.124. The van der Waals surface area contributed by atoms with Gasteiger partial charge in [0.05, 0.1) is 0 Å². The van der Waals surface area contributed by atoms with Gasteiger partial charge < -0.3 is 10.0 Å². The maximum atomic E-state index is 10.6. The summed E-state index contributed by atoms with van der Waals surface area (Å²) in [7, 11) is 0. The van der Waals surface area contributed by atoms with E-state index in [1.165, 1.54) is 53.9 Å². The SMILES string of the molecule is CSC(C)(C)CCN1CCN(Cc2ccc3c(c2)CN(Cc2cc(C(C)C)c(C)cc2O)C3)CC1. The maximum absolute atomic E-state index is 10.6. The summed E-state index contributed by atoms with van der Waals surface area (Å²) in [6.07, 6.45) is 3.48. The molecule has 0 amide bonds. The van der Waals surface area contributed by atoms with Gasteiger partial charge in [0, 0.05) is 62.7 Å². The number of hydrogen-bond donors (Lipinski definition) is 1. The second-order valence-corrected chi connectivity index (χ2v) is 13.1. The molecule has 0 aromatic heterocycles. The maximum Gasteiger partial charge on any atom is 0.120 e. The summed E-state index contributed by atoms with van der Waals surface area (Å²) in [5.74, 6) is 0.899. The van der Waals surface area contributed by atoms with Gasteiger partial charge in [0.1, 0.15) is 5.75 Å². The quantitative estimate of drug-likeness (QED) is 0.462. The first-order valence-corrected chi connectivity index (χ1v) is 14.5. The number of benzene rings is 2. The molecule has 4 rings (SSSR count). The monoisotopic (exact) mass is 495 g/mol. The van der Waals surface area contributed by atoms with Crippen LogP contribution in [0.5, 0.6) is 5.75 Å². The van der Waals surface area contributed by atoms with E-state index in [-0.39, 0.29) is 0 Å². The summed E-state index contributed by atoms with van der Waals surface area (Å²) in [5.41, 5.74) is 7.89. The predicted octanol–water partition coefficient (Wildman–Crippen LogP) is 5.99. The fourth-order valence-corrected chi connectivity index (χ4v) is 5.73. The molecule has 2 aliphatic heterocycles. The van der Waals surface area contributed by atoms with E-state index >= 15 is 0 Å². The molecule has 0 radical (unpaired) electrons. The molecule has 4 nitrogen and oxygen atoms in total. The van der Waals surface area contributed by atoms with Crippen LogP contribution in [0.2, 0.25) is 0 Å². The number of phenolic OH excluding ortho intramolecular Hbond substituents is 1. The molecule has 1 fully saturated rings. The third kappa shape index (κ3) is 6.82. The molecule has 2 aliphatic rings. The molecule has 0 spiro atoms. The topological polar surface area (TPSA) is 30.0 Å². The van der Waals surface area contributed by atoms with Crippen molar-refractivity contribution in [3.63, 3.8) is 0 Å². The van der Waals surface area contributed by atoms with Crippen molar-refractivity contribution in [3.8, 4) is 5.75 Å². The van der Waals surface area contributed by atoms with Crippen molar-refractivity contribution in [3.05, 3.63) is 63.7 Å². The van der Waals surface area contributed by atoms with E-state index in [2.05, 4.69) is 79.8 Å². The molecule has 2 aromatic carbocycles. The minimum absolute atomic E-state index is 0.379. The van der Waals surface area contributed by atoms with Gasteiger partial charge in [-0.2, -0.15) is 11.8 Å². The Morgan fingerprint density at radius 2 is 1.60 bits per heavy atom. The summed E-state index contributed by atoms with van der Waals surface area (Å²) in [4.78, 5) is 7.71. The lowest BCUT2D eigenvalue weighted by Crippen LogP contribution is -2.46. The highest BCUT2D eigenvalue weighted by molar-refractivity contribution is 7.99. The minimum Gasteiger partial charge on any atom is -0.508 e. The van der Waals surface area contributed by atoms with Crippen LogP contribution in [0.25, 0.3) is 0 Å². The molecule has 0 aliphatic carbocycles. The second-order valence-electron chi connectivity index (χ2n) is 11.6. The van der Waals surface area contributed by atoms with Crippen molar-refractivity contribution >= 4 is 11.8 Å². The van der Waals surface area contributed by atoms with Crippen molar-refractivity contribution in [2.75, 3.05) is 39.0 Å². The van der Waals surface area contributed by atoms with Crippen LogP contribution >= 0.6 is 11.8 Å². The molecule has 192 valence electrons. The van der Waals surface area contributed by atoms with Crippen LogP contribution in [0.1, 0.15) is 73.4 Å². The van der Waals surface area contributed by atoms with Gasteiger partial charge in [0.15, 0.2) is 0 Å².